The maximum atomic E-state index is 12.2. The van der Waals surface area contributed by atoms with Gasteiger partial charge in [0.2, 0.25) is 10.0 Å². The van der Waals surface area contributed by atoms with Gasteiger partial charge in [-0.3, -0.25) is 4.79 Å². The third-order valence-electron chi connectivity index (χ3n) is 7.59. The standard InChI is InChI=1S/C27H35NO6S/c1-28-35(31,32)25-14-15-27(17-25,26(29)30)19-34-23-12-10-21(11-13-23)22-8-5-9-24(16-22)33-18-20-6-3-2-4-7-20/h2-9,16,21,23,25,28H,10-15,17-19H2,1H3,(H,29,30)/t21?,23?,25-,27-/m0/s1. The highest BCUT2D eigenvalue weighted by molar-refractivity contribution is 7.90. The van der Waals surface area contributed by atoms with Gasteiger partial charge in [0.05, 0.1) is 23.4 Å². The summed E-state index contributed by atoms with van der Waals surface area (Å²) in [6.45, 7) is 0.600. The maximum absolute atomic E-state index is 12.2. The van der Waals surface area contributed by atoms with Crippen molar-refractivity contribution in [2.75, 3.05) is 13.7 Å². The summed E-state index contributed by atoms with van der Waals surface area (Å²) in [5, 5.41) is 9.19. The normalized spacial score (nSPS) is 26.9. The number of carbonyl (C=O) groups is 1. The van der Waals surface area contributed by atoms with E-state index in [2.05, 4.69) is 16.9 Å². The third-order valence-corrected chi connectivity index (χ3v) is 9.44. The summed E-state index contributed by atoms with van der Waals surface area (Å²) in [6, 6.07) is 18.4. The molecule has 2 aromatic carbocycles. The van der Waals surface area contributed by atoms with Crippen molar-refractivity contribution < 1.29 is 27.8 Å². The van der Waals surface area contributed by atoms with Crippen LogP contribution in [0.5, 0.6) is 5.75 Å². The maximum Gasteiger partial charge on any atom is 0.312 e. The van der Waals surface area contributed by atoms with Crippen LogP contribution < -0.4 is 9.46 Å². The van der Waals surface area contributed by atoms with Crippen LogP contribution in [0.2, 0.25) is 0 Å². The molecule has 0 unspecified atom stereocenters. The number of ether oxygens (including phenoxy) is 2. The lowest BCUT2D eigenvalue weighted by atomic mass is 9.82. The van der Waals surface area contributed by atoms with Crippen LogP contribution in [0.4, 0.5) is 0 Å². The molecule has 2 atom stereocenters. The van der Waals surface area contributed by atoms with Gasteiger partial charge in [0.25, 0.3) is 0 Å². The Morgan fingerprint density at radius 2 is 1.80 bits per heavy atom. The molecule has 0 aliphatic heterocycles. The first kappa shape index (κ1) is 25.7. The number of carboxylic acids is 1. The molecule has 8 heteroatoms. The summed E-state index contributed by atoms with van der Waals surface area (Å²) >= 11 is 0. The molecule has 2 aliphatic rings. The zero-order valence-electron chi connectivity index (χ0n) is 20.2. The SMILES string of the molecule is CNS(=O)(=O)[C@H]1CC[C@](COC2CCC(c3cccc(OCc4ccccc4)c3)CC2)(C(=O)O)C1. The van der Waals surface area contributed by atoms with E-state index in [4.69, 9.17) is 9.47 Å². The minimum atomic E-state index is -3.49. The molecule has 2 saturated carbocycles. The van der Waals surface area contributed by atoms with Crippen LogP contribution in [0.3, 0.4) is 0 Å². The number of carboxylic acid groups (broad SMARTS) is 1. The van der Waals surface area contributed by atoms with Gasteiger partial charge in [-0.2, -0.15) is 0 Å². The van der Waals surface area contributed by atoms with Crippen molar-refractivity contribution in [1.29, 1.82) is 0 Å². The van der Waals surface area contributed by atoms with Crippen molar-refractivity contribution in [3.8, 4) is 5.75 Å². The Labute approximate surface area is 207 Å². The van der Waals surface area contributed by atoms with Crippen molar-refractivity contribution in [3.05, 3.63) is 65.7 Å². The molecule has 2 N–H and O–H groups in total. The van der Waals surface area contributed by atoms with E-state index in [1.807, 2.05) is 42.5 Å². The number of aliphatic carboxylic acids is 1. The lowest BCUT2D eigenvalue weighted by Crippen LogP contribution is -2.38. The molecular formula is C27H35NO6S. The summed E-state index contributed by atoms with van der Waals surface area (Å²) in [5.74, 6) is 0.313. The molecule has 2 fully saturated rings. The molecule has 190 valence electrons. The van der Waals surface area contributed by atoms with Crippen LogP contribution in [-0.2, 0) is 26.2 Å². The highest BCUT2D eigenvalue weighted by atomic mass is 32.2. The summed E-state index contributed by atoms with van der Waals surface area (Å²) in [7, 11) is -2.12. The highest BCUT2D eigenvalue weighted by Gasteiger charge is 2.49. The van der Waals surface area contributed by atoms with Crippen molar-refractivity contribution in [2.45, 2.75) is 68.8 Å². The summed E-state index contributed by atoms with van der Waals surface area (Å²) in [6.07, 6.45) is 4.39. The molecule has 4 rings (SSSR count). The Morgan fingerprint density at radius 3 is 2.49 bits per heavy atom. The molecule has 0 amide bonds. The molecule has 0 heterocycles. The molecule has 7 nitrogen and oxygen atoms in total. The van der Waals surface area contributed by atoms with E-state index in [1.165, 1.54) is 12.6 Å². The van der Waals surface area contributed by atoms with E-state index in [0.29, 0.717) is 25.4 Å². The fourth-order valence-electron chi connectivity index (χ4n) is 5.34. The van der Waals surface area contributed by atoms with Gasteiger partial charge in [-0.05, 0) is 81.2 Å². The largest absolute Gasteiger partial charge is 0.489 e. The van der Waals surface area contributed by atoms with E-state index in [-0.39, 0.29) is 19.1 Å². The van der Waals surface area contributed by atoms with E-state index in [0.717, 1.165) is 37.0 Å². The molecule has 35 heavy (non-hydrogen) atoms. The minimum absolute atomic E-state index is 0.0000504. The van der Waals surface area contributed by atoms with Gasteiger partial charge in [-0.25, -0.2) is 13.1 Å². The highest BCUT2D eigenvalue weighted by Crippen LogP contribution is 2.43. The Kier molecular flexibility index (Phi) is 8.14. The van der Waals surface area contributed by atoms with Gasteiger partial charge in [0.15, 0.2) is 0 Å². The predicted molar refractivity (Wildman–Crippen MR) is 134 cm³/mol. The Bertz CT molecular complexity index is 1100. The molecule has 2 aliphatic carbocycles. The van der Waals surface area contributed by atoms with Crippen LogP contribution in [0.15, 0.2) is 54.6 Å². The van der Waals surface area contributed by atoms with E-state index >= 15 is 0 Å². The zero-order chi connectivity index (χ0) is 24.9. The molecule has 0 radical (unpaired) electrons. The van der Waals surface area contributed by atoms with Gasteiger partial charge in [-0.1, -0.05) is 42.5 Å². The Hall–Kier alpha value is -2.42. The Balaban J connectivity index is 1.28. The fourth-order valence-corrected chi connectivity index (χ4v) is 6.64. The quantitative estimate of drug-likeness (QED) is 0.498. The molecule has 0 saturated heterocycles. The summed E-state index contributed by atoms with van der Waals surface area (Å²) in [5.41, 5.74) is 1.26. The number of benzene rings is 2. The van der Waals surface area contributed by atoms with Crippen LogP contribution in [0.25, 0.3) is 0 Å². The number of rotatable bonds is 10. The topological polar surface area (TPSA) is 102 Å². The van der Waals surface area contributed by atoms with Gasteiger partial charge in [0, 0.05) is 0 Å². The predicted octanol–water partition coefficient (Wildman–Crippen LogP) is 4.48. The molecule has 2 aromatic rings. The second-order valence-electron chi connectivity index (χ2n) is 9.83. The Morgan fingerprint density at radius 1 is 1.06 bits per heavy atom. The first-order valence-electron chi connectivity index (χ1n) is 12.4. The average molecular weight is 502 g/mol. The van der Waals surface area contributed by atoms with E-state index < -0.39 is 26.7 Å². The van der Waals surface area contributed by atoms with Crippen molar-refractivity contribution in [3.63, 3.8) is 0 Å². The summed E-state index contributed by atoms with van der Waals surface area (Å²) in [4.78, 5) is 12.1. The fraction of sp³-hybridized carbons (Fsp3) is 0.519. The van der Waals surface area contributed by atoms with Gasteiger partial charge in [0.1, 0.15) is 12.4 Å². The first-order chi connectivity index (χ1) is 16.8. The lowest BCUT2D eigenvalue weighted by Gasteiger charge is -2.32. The first-order valence-corrected chi connectivity index (χ1v) is 13.9. The third kappa shape index (κ3) is 6.23. The summed E-state index contributed by atoms with van der Waals surface area (Å²) < 4.78 is 38.8. The average Bonchev–Trinajstić information content (AvgIpc) is 3.34. The smallest absolute Gasteiger partial charge is 0.312 e. The van der Waals surface area contributed by atoms with Gasteiger partial charge < -0.3 is 14.6 Å². The van der Waals surface area contributed by atoms with Crippen LogP contribution >= 0.6 is 0 Å². The molecule has 0 spiro atoms. The monoisotopic (exact) mass is 501 g/mol. The second kappa shape index (κ2) is 11.1. The van der Waals surface area contributed by atoms with Gasteiger partial charge >= 0.3 is 5.97 Å². The minimum Gasteiger partial charge on any atom is -0.489 e. The number of hydrogen-bond acceptors (Lipinski definition) is 5. The zero-order valence-corrected chi connectivity index (χ0v) is 21.0. The molecular weight excluding hydrogens is 466 g/mol. The molecule has 0 bridgehead atoms. The van der Waals surface area contributed by atoms with Crippen LogP contribution in [-0.4, -0.2) is 44.5 Å². The van der Waals surface area contributed by atoms with Gasteiger partial charge in [-0.15, -0.1) is 0 Å². The molecule has 0 aromatic heterocycles. The van der Waals surface area contributed by atoms with Crippen molar-refractivity contribution in [1.82, 2.24) is 4.72 Å². The second-order valence-corrected chi connectivity index (χ2v) is 12.0. The number of sulfonamides is 1. The van der Waals surface area contributed by atoms with E-state index in [1.54, 1.807) is 0 Å². The van der Waals surface area contributed by atoms with Crippen molar-refractivity contribution >= 4 is 16.0 Å². The lowest BCUT2D eigenvalue weighted by molar-refractivity contribution is -0.154. The van der Waals surface area contributed by atoms with Crippen LogP contribution in [0.1, 0.15) is 62.0 Å². The number of hydrogen-bond donors (Lipinski definition) is 2. The number of nitrogens with one attached hydrogen (secondary N) is 1. The van der Waals surface area contributed by atoms with Crippen LogP contribution in [0, 0.1) is 5.41 Å². The van der Waals surface area contributed by atoms with E-state index in [9.17, 15) is 18.3 Å². The van der Waals surface area contributed by atoms with Crippen molar-refractivity contribution in [2.24, 2.45) is 5.41 Å².